The fourth-order valence-electron chi connectivity index (χ4n) is 3.56. The Morgan fingerprint density at radius 2 is 2.21 bits per heavy atom. The minimum atomic E-state index is -0.491. The molecule has 1 aromatic rings. The number of carbonyl (C=O) groups excluding carboxylic acids is 1. The predicted molar refractivity (Wildman–Crippen MR) is 94.1 cm³/mol. The smallest absolute Gasteiger partial charge is 0.412 e. The van der Waals surface area contributed by atoms with E-state index in [4.69, 9.17) is 9.47 Å². The van der Waals surface area contributed by atoms with Crippen molar-refractivity contribution in [1.29, 1.82) is 0 Å². The summed E-state index contributed by atoms with van der Waals surface area (Å²) >= 11 is 0. The van der Waals surface area contributed by atoms with E-state index in [1.165, 1.54) is 18.4 Å². The molecule has 5 nitrogen and oxygen atoms in total. The van der Waals surface area contributed by atoms with Gasteiger partial charge in [-0.3, -0.25) is 10.2 Å². The third-order valence-corrected chi connectivity index (χ3v) is 4.68. The van der Waals surface area contributed by atoms with E-state index < -0.39 is 11.7 Å². The van der Waals surface area contributed by atoms with Crippen LogP contribution >= 0.6 is 0 Å². The number of carbonyl (C=O) groups is 1. The average molecular weight is 332 g/mol. The van der Waals surface area contributed by atoms with Crippen molar-refractivity contribution in [2.75, 3.05) is 31.6 Å². The Labute approximate surface area is 144 Å². The summed E-state index contributed by atoms with van der Waals surface area (Å²) in [6.45, 7) is 10.5. The number of hydrogen-bond donors (Lipinski definition) is 1. The zero-order chi connectivity index (χ0) is 17.2. The van der Waals surface area contributed by atoms with E-state index >= 15 is 0 Å². The number of hydrogen-bond acceptors (Lipinski definition) is 4. The molecule has 2 saturated heterocycles. The molecule has 132 valence electrons. The Balaban J connectivity index is 1.56. The van der Waals surface area contributed by atoms with Crippen molar-refractivity contribution in [3.05, 3.63) is 29.8 Å². The van der Waals surface area contributed by atoms with E-state index in [1.807, 2.05) is 39.0 Å². The lowest BCUT2D eigenvalue weighted by Gasteiger charge is -2.22. The molecule has 0 aliphatic carbocycles. The molecule has 0 bridgehead atoms. The highest BCUT2D eigenvalue weighted by Crippen LogP contribution is 2.38. The van der Waals surface area contributed by atoms with Crippen molar-refractivity contribution in [3.63, 3.8) is 0 Å². The minimum Gasteiger partial charge on any atom is -0.444 e. The van der Waals surface area contributed by atoms with Gasteiger partial charge in [-0.2, -0.15) is 0 Å². The third kappa shape index (κ3) is 4.48. The Morgan fingerprint density at radius 3 is 2.92 bits per heavy atom. The van der Waals surface area contributed by atoms with Crippen molar-refractivity contribution in [2.24, 2.45) is 5.41 Å². The Morgan fingerprint density at radius 1 is 1.38 bits per heavy atom. The molecule has 1 spiro atoms. The van der Waals surface area contributed by atoms with Crippen molar-refractivity contribution in [2.45, 2.75) is 45.8 Å². The molecule has 2 aliphatic heterocycles. The summed E-state index contributed by atoms with van der Waals surface area (Å²) in [7, 11) is 0. The van der Waals surface area contributed by atoms with E-state index in [0.29, 0.717) is 5.41 Å². The van der Waals surface area contributed by atoms with E-state index in [1.54, 1.807) is 0 Å². The zero-order valence-electron chi connectivity index (χ0n) is 14.9. The molecule has 3 rings (SSSR count). The molecule has 1 N–H and O–H groups in total. The Kier molecular flexibility index (Phi) is 4.83. The van der Waals surface area contributed by atoms with Gasteiger partial charge in [-0.05, 0) is 57.9 Å². The number of amides is 1. The molecular weight excluding hydrogens is 304 g/mol. The molecule has 2 heterocycles. The first-order valence-corrected chi connectivity index (χ1v) is 8.73. The summed E-state index contributed by atoms with van der Waals surface area (Å²) in [6.07, 6.45) is 2.00. The van der Waals surface area contributed by atoms with Gasteiger partial charge >= 0.3 is 6.09 Å². The number of nitrogens with one attached hydrogen (secondary N) is 1. The molecule has 1 aromatic carbocycles. The standard InChI is InChI=1S/C19H28N2O3/c1-18(2,3)24-17(22)20-16-6-4-5-15(11-16)12-21-9-7-19(13-21)8-10-23-14-19/h4-6,11H,7-10,12-14H2,1-3H3,(H,20,22)/t19-/m1/s1. The van der Waals surface area contributed by atoms with Gasteiger partial charge in [-0.1, -0.05) is 12.1 Å². The first kappa shape index (κ1) is 17.2. The minimum absolute atomic E-state index is 0.381. The van der Waals surface area contributed by atoms with Gasteiger partial charge in [0.15, 0.2) is 0 Å². The van der Waals surface area contributed by atoms with Gasteiger partial charge in [0.2, 0.25) is 0 Å². The molecule has 1 atom stereocenters. The van der Waals surface area contributed by atoms with Crippen molar-refractivity contribution in [1.82, 2.24) is 4.90 Å². The molecule has 5 heteroatoms. The first-order valence-electron chi connectivity index (χ1n) is 8.73. The van der Waals surface area contributed by atoms with E-state index in [0.717, 1.165) is 38.5 Å². The molecule has 0 saturated carbocycles. The van der Waals surface area contributed by atoms with Crippen LogP contribution in [0.4, 0.5) is 10.5 Å². The molecule has 1 amide bonds. The summed E-state index contributed by atoms with van der Waals surface area (Å²) in [6, 6.07) is 8.01. The normalized spacial score (nSPS) is 24.5. The van der Waals surface area contributed by atoms with Crippen LogP contribution in [0.5, 0.6) is 0 Å². The molecule has 0 unspecified atom stereocenters. The van der Waals surface area contributed by atoms with Crippen LogP contribution in [0.15, 0.2) is 24.3 Å². The molecule has 2 aliphatic rings. The lowest BCUT2D eigenvalue weighted by molar-refractivity contribution is 0.0636. The van der Waals surface area contributed by atoms with Gasteiger partial charge in [0.25, 0.3) is 0 Å². The van der Waals surface area contributed by atoms with Crippen LogP contribution in [0.3, 0.4) is 0 Å². The number of nitrogens with zero attached hydrogens (tertiary/aromatic N) is 1. The lowest BCUT2D eigenvalue weighted by Crippen LogP contribution is -2.28. The second-order valence-corrected chi connectivity index (χ2v) is 8.09. The van der Waals surface area contributed by atoms with E-state index in [2.05, 4.69) is 16.3 Å². The average Bonchev–Trinajstić information content (AvgIpc) is 3.08. The first-order chi connectivity index (χ1) is 11.3. The number of benzene rings is 1. The highest BCUT2D eigenvalue weighted by molar-refractivity contribution is 5.84. The van der Waals surface area contributed by atoms with Crippen molar-refractivity contribution < 1.29 is 14.3 Å². The van der Waals surface area contributed by atoms with Crippen LogP contribution in [0.25, 0.3) is 0 Å². The number of anilines is 1. The molecule has 0 radical (unpaired) electrons. The maximum Gasteiger partial charge on any atom is 0.412 e. The van der Waals surface area contributed by atoms with Gasteiger partial charge in [-0.15, -0.1) is 0 Å². The van der Waals surface area contributed by atoms with Gasteiger partial charge in [-0.25, -0.2) is 4.79 Å². The highest BCUT2D eigenvalue weighted by Gasteiger charge is 2.40. The molecule has 2 fully saturated rings. The van der Waals surface area contributed by atoms with Gasteiger partial charge in [0.05, 0.1) is 6.61 Å². The second-order valence-electron chi connectivity index (χ2n) is 8.09. The van der Waals surface area contributed by atoms with Crippen LogP contribution in [0, 0.1) is 5.41 Å². The number of rotatable bonds is 3. The Hall–Kier alpha value is -1.59. The van der Waals surface area contributed by atoms with Crippen LogP contribution in [-0.4, -0.2) is 42.9 Å². The quantitative estimate of drug-likeness (QED) is 0.918. The van der Waals surface area contributed by atoms with E-state index in [-0.39, 0.29) is 0 Å². The topological polar surface area (TPSA) is 50.8 Å². The Bertz CT molecular complexity index is 589. The molecular formula is C19H28N2O3. The number of likely N-dealkylation sites (tertiary alicyclic amines) is 1. The van der Waals surface area contributed by atoms with Crippen LogP contribution in [0.1, 0.15) is 39.2 Å². The van der Waals surface area contributed by atoms with Crippen LogP contribution < -0.4 is 5.32 Å². The van der Waals surface area contributed by atoms with Crippen molar-refractivity contribution >= 4 is 11.8 Å². The number of ether oxygens (including phenoxy) is 2. The SMILES string of the molecule is CC(C)(C)OC(=O)Nc1cccc(CN2CC[C@@]3(CCOC3)C2)c1. The fraction of sp³-hybridized carbons (Fsp3) is 0.632. The fourth-order valence-corrected chi connectivity index (χ4v) is 3.56. The summed E-state index contributed by atoms with van der Waals surface area (Å²) in [5.41, 5.74) is 1.88. The van der Waals surface area contributed by atoms with E-state index in [9.17, 15) is 4.79 Å². The van der Waals surface area contributed by atoms with Crippen LogP contribution in [-0.2, 0) is 16.0 Å². The third-order valence-electron chi connectivity index (χ3n) is 4.68. The lowest BCUT2D eigenvalue weighted by atomic mass is 9.87. The maximum absolute atomic E-state index is 11.9. The molecule has 24 heavy (non-hydrogen) atoms. The maximum atomic E-state index is 11.9. The summed E-state index contributed by atoms with van der Waals surface area (Å²) in [5.74, 6) is 0. The monoisotopic (exact) mass is 332 g/mol. The summed E-state index contributed by atoms with van der Waals surface area (Å²) in [4.78, 5) is 14.4. The highest BCUT2D eigenvalue weighted by atomic mass is 16.6. The summed E-state index contributed by atoms with van der Waals surface area (Å²) < 4.78 is 10.9. The van der Waals surface area contributed by atoms with Crippen LogP contribution in [0.2, 0.25) is 0 Å². The van der Waals surface area contributed by atoms with Gasteiger partial charge in [0.1, 0.15) is 5.60 Å². The summed E-state index contributed by atoms with van der Waals surface area (Å²) in [5, 5.41) is 2.81. The second kappa shape index (κ2) is 6.73. The molecule has 0 aromatic heterocycles. The van der Waals surface area contributed by atoms with Crippen molar-refractivity contribution in [3.8, 4) is 0 Å². The van der Waals surface area contributed by atoms with Gasteiger partial charge in [0, 0.05) is 30.8 Å². The van der Waals surface area contributed by atoms with Gasteiger partial charge < -0.3 is 9.47 Å². The predicted octanol–water partition coefficient (Wildman–Crippen LogP) is 3.65. The zero-order valence-corrected chi connectivity index (χ0v) is 14.9. The largest absolute Gasteiger partial charge is 0.444 e.